The molecule has 0 bridgehead atoms. The molecule has 130 valence electrons. The van der Waals surface area contributed by atoms with E-state index in [0.29, 0.717) is 0 Å². The van der Waals surface area contributed by atoms with Crippen LogP contribution in [0.3, 0.4) is 0 Å². The molecule has 0 radical (unpaired) electrons. The van der Waals surface area contributed by atoms with Gasteiger partial charge < -0.3 is 14.6 Å². The largest absolute Gasteiger partial charge is 0.478 e. The van der Waals surface area contributed by atoms with Crippen LogP contribution in [0, 0.1) is 0 Å². The zero-order valence-electron chi connectivity index (χ0n) is 13.5. The van der Waals surface area contributed by atoms with Gasteiger partial charge in [0, 0.05) is 6.42 Å². The first-order valence-corrected chi connectivity index (χ1v) is 7.76. The highest BCUT2D eigenvalue weighted by Gasteiger charge is 2.55. The molecule has 2 heterocycles. The van der Waals surface area contributed by atoms with Gasteiger partial charge in [0.25, 0.3) is 0 Å². The van der Waals surface area contributed by atoms with Crippen LogP contribution in [0.4, 0.5) is 0 Å². The minimum atomic E-state index is -1.20. The van der Waals surface area contributed by atoms with Crippen molar-refractivity contribution < 1.29 is 29.0 Å². The van der Waals surface area contributed by atoms with Crippen molar-refractivity contribution in [3.8, 4) is 0 Å². The summed E-state index contributed by atoms with van der Waals surface area (Å²) in [6.45, 7) is 0. The van der Waals surface area contributed by atoms with Gasteiger partial charge in [0.1, 0.15) is 5.76 Å². The third kappa shape index (κ3) is 3.13. The van der Waals surface area contributed by atoms with Gasteiger partial charge >= 0.3 is 11.9 Å². The van der Waals surface area contributed by atoms with E-state index in [4.69, 9.17) is 9.47 Å². The summed E-state index contributed by atoms with van der Waals surface area (Å²) in [6, 6.07) is 8.28. The number of carboxylic acid groups (broad SMARTS) is 1. The average Bonchev–Trinajstić information content (AvgIpc) is 2.91. The van der Waals surface area contributed by atoms with Crippen LogP contribution in [0.25, 0.3) is 6.08 Å². The molecule has 7 nitrogen and oxygen atoms in total. The standard InChI is InChI=1S/C18H17NO6/c1-24-18(23)15-16(25-14-10-13(20)19(14)15)12(17(21)22)9-5-8-11-6-3-2-4-7-11/h2-8,14-15H,9-10H2,1H3,(H,21,22)/b8-5+,16-12-. The SMILES string of the molecule is COC(=O)C1/C(=C(\C/C=C/c2ccccc2)C(=O)O)OC2CC(=O)N21. The molecule has 3 rings (SSSR count). The minimum absolute atomic E-state index is 0.0205. The first-order valence-electron chi connectivity index (χ1n) is 7.76. The number of carbonyl (C=O) groups is 3. The third-order valence-electron chi connectivity index (χ3n) is 4.15. The van der Waals surface area contributed by atoms with Crippen molar-refractivity contribution in [3.05, 3.63) is 53.3 Å². The predicted molar refractivity (Wildman–Crippen MR) is 86.9 cm³/mol. The Morgan fingerprint density at radius 3 is 2.68 bits per heavy atom. The number of aliphatic carboxylic acids is 1. The Kier molecular flexibility index (Phi) is 4.56. The summed E-state index contributed by atoms with van der Waals surface area (Å²) in [5.74, 6) is -2.19. The number of fused-ring (bicyclic) bond motifs is 1. The molecule has 0 aromatic heterocycles. The van der Waals surface area contributed by atoms with E-state index in [1.807, 2.05) is 30.3 Å². The van der Waals surface area contributed by atoms with Crippen molar-refractivity contribution in [1.82, 2.24) is 4.90 Å². The summed E-state index contributed by atoms with van der Waals surface area (Å²) in [5, 5.41) is 9.53. The van der Waals surface area contributed by atoms with E-state index < -0.39 is 24.2 Å². The molecular weight excluding hydrogens is 326 g/mol. The number of methoxy groups -OCH3 is 1. The molecule has 1 aromatic carbocycles. The zero-order chi connectivity index (χ0) is 18.0. The number of carbonyl (C=O) groups excluding carboxylic acids is 2. The average molecular weight is 343 g/mol. The monoisotopic (exact) mass is 343 g/mol. The molecule has 2 unspecified atom stereocenters. The van der Waals surface area contributed by atoms with E-state index in [2.05, 4.69) is 0 Å². The molecule has 0 saturated carbocycles. The molecule has 2 aliphatic heterocycles. The number of allylic oxidation sites excluding steroid dienone is 1. The lowest BCUT2D eigenvalue weighted by molar-refractivity contribution is -0.164. The zero-order valence-corrected chi connectivity index (χ0v) is 13.5. The smallest absolute Gasteiger partial charge is 0.336 e. The molecule has 2 saturated heterocycles. The molecule has 25 heavy (non-hydrogen) atoms. The van der Waals surface area contributed by atoms with Gasteiger partial charge in [-0.25, -0.2) is 9.59 Å². The summed E-state index contributed by atoms with van der Waals surface area (Å²) in [6.07, 6.45) is 3.05. The van der Waals surface area contributed by atoms with E-state index in [0.717, 1.165) is 5.56 Å². The van der Waals surface area contributed by atoms with E-state index in [9.17, 15) is 19.5 Å². The van der Waals surface area contributed by atoms with Gasteiger partial charge in [-0.2, -0.15) is 0 Å². The van der Waals surface area contributed by atoms with E-state index in [1.165, 1.54) is 12.0 Å². The van der Waals surface area contributed by atoms with Crippen LogP contribution in [-0.4, -0.2) is 47.2 Å². The first-order chi connectivity index (χ1) is 12.0. The van der Waals surface area contributed by atoms with Crippen LogP contribution in [0.2, 0.25) is 0 Å². The number of benzene rings is 1. The Morgan fingerprint density at radius 2 is 2.08 bits per heavy atom. The molecule has 2 atom stereocenters. The van der Waals surface area contributed by atoms with E-state index in [1.54, 1.807) is 12.2 Å². The minimum Gasteiger partial charge on any atom is -0.478 e. The Labute approximate surface area is 144 Å². The molecule has 1 aromatic rings. The number of nitrogens with zero attached hydrogens (tertiary/aromatic N) is 1. The van der Waals surface area contributed by atoms with E-state index in [-0.39, 0.29) is 30.1 Å². The fourth-order valence-corrected chi connectivity index (χ4v) is 2.89. The number of rotatable bonds is 5. The second-order valence-corrected chi connectivity index (χ2v) is 5.67. The highest BCUT2D eigenvalue weighted by molar-refractivity contribution is 5.95. The van der Waals surface area contributed by atoms with Gasteiger partial charge in [0.05, 0.1) is 19.1 Å². The number of amides is 1. The molecule has 1 amide bonds. The topological polar surface area (TPSA) is 93.1 Å². The van der Waals surface area contributed by atoms with Crippen LogP contribution in [0.15, 0.2) is 47.7 Å². The van der Waals surface area contributed by atoms with Crippen LogP contribution in [-0.2, 0) is 23.9 Å². The number of hydrogen-bond donors (Lipinski definition) is 1. The van der Waals surface area contributed by atoms with Gasteiger partial charge in [0.15, 0.2) is 12.3 Å². The predicted octanol–water partition coefficient (Wildman–Crippen LogP) is 1.56. The van der Waals surface area contributed by atoms with Crippen molar-refractivity contribution in [2.24, 2.45) is 0 Å². The van der Waals surface area contributed by atoms with Gasteiger partial charge in [-0.3, -0.25) is 9.69 Å². The Bertz CT molecular complexity index is 767. The molecule has 2 aliphatic rings. The van der Waals surface area contributed by atoms with Gasteiger partial charge in [0.2, 0.25) is 5.91 Å². The van der Waals surface area contributed by atoms with Crippen molar-refractivity contribution in [2.75, 3.05) is 7.11 Å². The quantitative estimate of drug-likeness (QED) is 0.495. The van der Waals surface area contributed by atoms with Crippen molar-refractivity contribution in [1.29, 1.82) is 0 Å². The van der Waals surface area contributed by atoms with Crippen LogP contribution < -0.4 is 0 Å². The summed E-state index contributed by atoms with van der Waals surface area (Å²) in [4.78, 5) is 36.7. The summed E-state index contributed by atoms with van der Waals surface area (Å²) in [7, 11) is 1.19. The second-order valence-electron chi connectivity index (χ2n) is 5.67. The van der Waals surface area contributed by atoms with Crippen LogP contribution in [0.5, 0.6) is 0 Å². The number of hydrogen-bond acceptors (Lipinski definition) is 5. The lowest BCUT2D eigenvalue weighted by Crippen LogP contribution is -2.55. The molecule has 2 fully saturated rings. The van der Waals surface area contributed by atoms with Crippen molar-refractivity contribution >= 4 is 23.9 Å². The number of β-lactam (4-membered cyclic amide) rings is 1. The Morgan fingerprint density at radius 1 is 1.36 bits per heavy atom. The second kappa shape index (κ2) is 6.80. The lowest BCUT2D eigenvalue weighted by atomic mass is 10.0. The highest BCUT2D eigenvalue weighted by Crippen LogP contribution is 2.38. The fourth-order valence-electron chi connectivity index (χ4n) is 2.89. The molecule has 0 spiro atoms. The van der Waals surface area contributed by atoms with Gasteiger partial charge in [-0.15, -0.1) is 0 Å². The summed E-state index contributed by atoms with van der Waals surface area (Å²) < 4.78 is 10.3. The molecule has 1 N–H and O–H groups in total. The maximum absolute atomic E-state index is 12.0. The third-order valence-corrected chi connectivity index (χ3v) is 4.15. The first kappa shape index (κ1) is 16.8. The van der Waals surface area contributed by atoms with Gasteiger partial charge in [-0.1, -0.05) is 42.5 Å². The Balaban J connectivity index is 1.89. The van der Waals surface area contributed by atoms with E-state index >= 15 is 0 Å². The van der Waals surface area contributed by atoms with Gasteiger partial charge in [-0.05, 0) is 5.56 Å². The number of ether oxygens (including phenoxy) is 2. The summed E-state index contributed by atoms with van der Waals surface area (Å²) >= 11 is 0. The maximum Gasteiger partial charge on any atom is 0.336 e. The van der Waals surface area contributed by atoms with Crippen molar-refractivity contribution in [2.45, 2.75) is 25.1 Å². The normalized spacial score (nSPS) is 23.7. The lowest BCUT2D eigenvalue weighted by Gasteiger charge is -2.33. The highest BCUT2D eigenvalue weighted by atomic mass is 16.6. The van der Waals surface area contributed by atoms with Crippen LogP contribution >= 0.6 is 0 Å². The Hall–Kier alpha value is -3.09. The maximum atomic E-state index is 12.0. The molecule has 0 aliphatic carbocycles. The number of carboxylic acids is 1. The van der Waals surface area contributed by atoms with Crippen molar-refractivity contribution in [3.63, 3.8) is 0 Å². The molecule has 7 heteroatoms. The number of esters is 1. The summed E-state index contributed by atoms with van der Waals surface area (Å²) in [5.41, 5.74) is 0.859. The fraction of sp³-hybridized carbons (Fsp3) is 0.278. The van der Waals surface area contributed by atoms with Crippen LogP contribution in [0.1, 0.15) is 18.4 Å². The molecular formula is C18H17NO6.